The zero-order chi connectivity index (χ0) is 17.6. The van der Waals surface area contributed by atoms with E-state index in [1.54, 1.807) is 7.11 Å². The molecule has 0 fully saturated rings. The molecule has 4 heteroatoms. The van der Waals surface area contributed by atoms with Crippen LogP contribution in [0.5, 0.6) is 5.75 Å². The summed E-state index contributed by atoms with van der Waals surface area (Å²) in [7, 11) is 1.73. The molecule has 2 aromatic carbocycles. The normalized spacial score (nSPS) is 17.1. The van der Waals surface area contributed by atoms with Crippen molar-refractivity contribution >= 4 is 26.8 Å². The smallest absolute Gasteiger partial charge is 0.119 e. The third-order valence-electron chi connectivity index (χ3n) is 5.14. The number of nitrogens with one attached hydrogen (secondary N) is 2. The van der Waals surface area contributed by atoms with E-state index in [-0.39, 0.29) is 6.04 Å². The molecular weight excluding hydrogens is 376 g/mol. The molecule has 1 unspecified atom stereocenters. The molecule has 4 rings (SSSR count). The molecule has 2 heterocycles. The summed E-state index contributed by atoms with van der Waals surface area (Å²) in [5.74, 6) is 1.36. The highest BCUT2D eigenvalue weighted by Crippen LogP contribution is 2.38. The number of hydrogen-bond donors (Lipinski definition) is 2. The minimum atomic E-state index is 0.193. The Hall–Kier alpha value is -1.78. The summed E-state index contributed by atoms with van der Waals surface area (Å²) in [6.45, 7) is 5.47. The fourth-order valence-corrected chi connectivity index (χ4v) is 4.27. The van der Waals surface area contributed by atoms with Gasteiger partial charge in [0.15, 0.2) is 0 Å². The standard InChI is InChI=1S/C21H23BrN2O/c1-12(2)17-11-14(25-3)5-6-15(17)20-21-16(8-9-23-20)18-10-13(22)4-7-19(18)24-21/h4-7,10-12,20,23-24H,8-9H2,1-3H3. The number of fused-ring (bicyclic) bond motifs is 3. The van der Waals surface area contributed by atoms with Gasteiger partial charge in [0.1, 0.15) is 5.75 Å². The Morgan fingerprint density at radius 1 is 1.16 bits per heavy atom. The van der Waals surface area contributed by atoms with Gasteiger partial charge < -0.3 is 15.0 Å². The van der Waals surface area contributed by atoms with Gasteiger partial charge in [-0.2, -0.15) is 0 Å². The Kier molecular flexibility index (Phi) is 4.34. The van der Waals surface area contributed by atoms with Gasteiger partial charge in [-0.05, 0) is 59.4 Å². The van der Waals surface area contributed by atoms with E-state index in [0.29, 0.717) is 5.92 Å². The van der Waals surface area contributed by atoms with Crippen LogP contribution < -0.4 is 10.1 Å². The first-order valence-electron chi connectivity index (χ1n) is 8.79. The predicted octanol–water partition coefficient (Wildman–Crippen LogP) is 5.30. The van der Waals surface area contributed by atoms with E-state index in [1.807, 2.05) is 0 Å². The summed E-state index contributed by atoms with van der Waals surface area (Å²) in [6, 6.07) is 13.1. The van der Waals surface area contributed by atoms with Crippen molar-refractivity contribution in [3.05, 3.63) is 63.3 Å². The van der Waals surface area contributed by atoms with Gasteiger partial charge in [0.05, 0.1) is 13.2 Å². The van der Waals surface area contributed by atoms with E-state index in [1.165, 1.54) is 33.3 Å². The van der Waals surface area contributed by atoms with E-state index in [0.717, 1.165) is 23.2 Å². The fraction of sp³-hybridized carbons (Fsp3) is 0.333. The van der Waals surface area contributed by atoms with Crippen LogP contribution in [0.1, 0.15) is 48.2 Å². The van der Waals surface area contributed by atoms with Crippen molar-refractivity contribution in [2.24, 2.45) is 0 Å². The first-order chi connectivity index (χ1) is 12.1. The van der Waals surface area contributed by atoms with Crippen LogP contribution in [0.4, 0.5) is 0 Å². The third-order valence-corrected chi connectivity index (χ3v) is 5.63. The molecular formula is C21H23BrN2O. The van der Waals surface area contributed by atoms with E-state index < -0.39 is 0 Å². The molecule has 0 radical (unpaired) electrons. The fourth-order valence-electron chi connectivity index (χ4n) is 3.91. The average molecular weight is 399 g/mol. The van der Waals surface area contributed by atoms with Crippen LogP contribution in [-0.2, 0) is 6.42 Å². The van der Waals surface area contributed by atoms with Gasteiger partial charge in [0, 0.05) is 27.6 Å². The van der Waals surface area contributed by atoms with E-state index in [9.17, 15) is 0 Å². The Morgan fingerprint density at radius 2 is 2.00 bits per heavy atom. The lowest BCUT2D eigenvalue weighted by molar-refractivity contribution is 0.413. The Bertz CT molecular complexity index is 929. The molecule has 3 aromatic rings. The number of aromatic amines is 1. The van der Waals surface area contributed by atoms with Crippen LogP contribution in [0.25, 0.3) is 10.9 Å². The maximum absolute atomic E-state index is 5.44. The second-order valence-corrected chi connectivity index (χ2v) is 7.91. The van der Waals surface area contributed by atoms with Gasteiger partial charge in [0.2, 0.25) is 0 Å². The molecule has 1 aromatic heterocycles. The van der Waals surface area contributed by atoms with E-state index in [4.69, 9.17) is 4.74 Å². The van der Waals surface area contributed by atoms with Gasteiger partial charge in [-0.1, -0.05) is 35.8 Å². The Morgan fingerprint density at radius 3 is 2.76 bits per heavy atom. The topological polar surface area (TPSA) is 37.0 Å². The van der Waals surface area contributed by atoms with Crippen molar-refractivity contribution in [2.75, 3.05) is 13.7 Å². The van der Waals surface area contributed by atoms with Gasteiger partial charge in [-0.15, -0.1) is 0 Å². The second-order valence-electron chi connectivity index (χ2n) is 6.99. The highest BCUT2D eigenvalue weighted by Gasteiger charge is 2.27. The van der Waals surface area contributed by atoms with Gasteiger partial charge in [-0.25, -0.2) is 0 Å². The highest BCUT2D eigenvalue weighted by molar-refractivity contribution is 9.10. The highest BCUT2D eigenvalue weighted by atomic mass is 79.9. The summed E-state index contributed by atoms with van der Waals surface area (Å²) in [5, 5.41) is 5.05. The van der Waals surface area contributed by atoms with E-state index in [2.05, 4.69) is 76.5 Å². The van der Waals surface area contributed by atoms with Gasteiger partial charge >= 0.3 is 0 Å². The molecule has 0 saturated carbocycles. The van der Waals surface area contributed by atoms with Crippen LogP contribution in [0.3, 0.4) is 0 Å². The first kappa shape index (κ1) is 16.7. The number of H-pyrrole nitrogens is 1. The zero-order valence-electron chi connectivity index (χ0n) is 14.8. The lowest BCUT2D eigenvalue weighted by atomic mass is 9.87. The summed E-state index contributed by atoms with van der Waals surface area (Å²) in [4.78, 5) is 3.67. The Labute approximate surface area is 156 Å². The monoisotopic (exact) mass is 398 g/mol. The van der Waals surface area contributed by atoms with Crippen molar-refractivity contribution in [1.82, 2.24) is 10.3 Å². The number of halogens is 1. The summed E-state index contributed by atoms with van der Waals surface area (Å²) < 4.78 is 6.57. The molecule has 0 spiro atoms. The largest absolute Gasteiger partial charge is 0.497 e. The molecule has 0 aliphatic carbocycles. The lowest BCUT2D eigenvalue weighted by Gasteiger charge is -2.28. The SMILES string of the molecule is COc1ccc(C2NCCc3c2[nH]c2ccc(Br)cc32)c(C(C)C)c1. The number of aromatic nitrogens is 1. The molecule has 130 valence electrons. The second kappa shape index (κ2) is 6.50. The van der Waals surface area contributed by atoms with Crippen molar-refractivity contribution in [3.8, 4) is 5.75 Å². The molecule has 1 aliphatic heterocycles. The maximum Gasteiger partial charge on any atom is 0.119 e. The minimum Gasteiger partial charge on any atom is -0.497 e. The average Bonchev–Trinajstić information content (AvgIpc) is 2.99. The number of hydrogen-bond acceptors (Lipinski definition) is 2. The van der Waals surface area contributed by atoms with Gasteiger partial charge in [-0.3, -0.25) is 0 Å². The van der Waals surface area contributed by atoms with Crippen LogP contribution >= 0.6 is 15.9 Å². The van der Waals surface area contributed by atoms with Crippen molar-refractivity contribution in [2.45, 2.75) is 32.2 Å². The zero-order valence-corrected chi connectivity index (χ0v) is 16.4. The molecule has 0 amide bonds. The van der Waals surface area contributed by atoms with Crippen molar-refractivity contribution in [3.63, 3.8) is 0 Å². The number of ether oxygens (including phenoxy) is 1. The van der Waals surface area contributed by atoms with Crippen LogP contribution in [-0.4, -0.2) is 18.6 Å². The van der Waals surface area contributed by atoms with Crippen molar-refractivity contribution in [1.29, 1.82) is 0 Å². The molecule has 25 heavy (non-hydrogen) atoms. The molecule has 3 nitrogen and oxygen atoms in total. The van der Waals surface area contributed by atoms with Crippen LogP contribution in [0.2, 0.25) is 0 Å². The van der Waals surface area contributed by atoms with Crippen LogP contribution in [0, 0.1) is 0 Å². The predicted molar refractivity (Wildman–Crippen MR) is 107 cm³/mol. The van der Waals surface area contributed by atoms with Crippen molar-refractivity contribution < 1.29 is 4.74 Å². The summed E-state index contributed by atoms with van der Waals surface area (Å²) in [5.41, 5.74) is 6.62. The number of rotatable bonds is 3. The third kappa shape index (κ3) is 2.87. The molecule has 1 atom stereocenters. The van der Waals surface area contributed by atoms with E-state index >= 15 is 0 Å². The quantitative estimate of drug-likeness (QED) is 0.627. The maximum atomic E-state index is 5.44. The minimum absolute atomic E-state index is 0.193. The molecule has 0 bridgehead atoms. The van der Waals surface area contributed by atoms with Gasteiger partial charge in [0.25, 0.3) is 0 Å². The molecule has 2 N–H and O–H groups in total. The molecule has 0 saturated heterocycles. The summed E-state index contributed by atoms with van der Waals surface area (Å²) >= 11 is 3.61. The summed E-state index contributed by atoms with van der Waals surface area (Å²) in [6.07, 6.45) is 1.05. The first-order valence-corrected chi connectivity index (χ1v) is 9.59. The Balaban J connectivity index is 1.88. The molecule has 1 aliphatic rings. The number of methoxy groups -OCH3 is 1. The number of benzene rings is 2. The van der Waals surface area contributed by atoms with Crippen LogP contribution in [0.15, 0.2) is 40.9 Å². The lowest BCUT2D eigenvalue weighted by Crippen LogP contribution is -2.31.